The number of carbonyl (C=O) groups excluding carboxylic acids is 1. The van der Waals surface area contributed by atoms with Gasteiger partial charge >= 0.3 is 0 Å². The van der Waals surface area contributed by atoms with Crippen molar-refractivity contribution >= 4 is 5.91 Å². The smallest absolute Gasteiger partial charge is 0.228 e. The number of rotatable bonds is 5. The summed E-state index contributed by atoms with van der Waals surface area (Å²) in [5.74, 6) is 0.876. The summed E-state index contributed by atoms with van der Waals surface area (Å²) in [5.41, 5.74) is 6.70. The van der Waals surface area contributed by atoms with E-state index in [4.69, 9.17) is 10.00 Å². The van der Waals surface area contributed by atoms with Gasteiger partial charge in [-0.2, -0.15) is 5.26 Å². The first-order valence-electron chi connectivity index (χ1n) is 13.1. The number of nitriles is 1. The summed E-state index contributed by atoms with van der Waals surface area (Å²) in [4.78, 5) is 26.1. The van der Waals surface area contributed by atoms with Gasteiger partial charge in [0, 0.05) is 49.7 Å². The molecule has 1 atom stereocenters. The van der Waals surface area contributed by atoms with Gasteiger partial charge in [0.05, 0.1) is 19.7 Å². The van der Waals surface area contributed by atoms with Crippen LogP contribution in [0.3, 0.4) is 0 Å². The minimum absolute atomic E-state index is 0.168. The Hall–Kier alpha value is -3.76. The predicted octanol–water partition coefficient (Wildman–Crippen LogP) is 4.18. The largest absolute Gasteiger partial charge is 0.495 e. The highest BCUT2D eigenvalue weighted by Gasteiger charge is 2.48. The molecule has 2 aliphatic heterocycles. The maximum absolute atomic E-state index is 12.8. The maximum atomic E-state index is 12.8. The van der Waals surface area contributed by atoms with Crippen LogP contribution in [0.15, 0.2) is 54.9 Å². The molecule has 2 saturated heterocycles. The minimum atomic E-state index is 0.168. The number of benzene rings is 1. The number of nitrogens with zero attached hydrogens (tertiary/aromatic N) is 5. The number of hydrogen-bond acceptors (Lipinski definition) is 6. The molecule has 1 aliphatic carbocycles. The van der Waals surface area contributed by atoms with E-state index in [0.717, 1.165) is 56.7 Å². The van der Waals surface area contributed by atoms with Gasteiger partial charge < -0.3 is 9.64 Å². The minimum Gasteiger partial charge on any atom is -0.495 e. The van der Waals surface area contributed by atoms with Crippen LogP contribution >= 0.6 is 0 Å². The molecule has 1 spiro atoms. The second-order valence-corrected chi connectivity index (χ2v) is 10.7. The number of aromatic nitrogens is 2. The molecule has 0 unspecified atom stereocenters. The van der Waals surface area contributed by atoms with Gasteiger partial charge in [-0.15, -0.1) is 0 Å². The van der Waals surface area contributed by atoms with Gasteiger partial charge in [-0.3, -0.25) is 14.7 Å². The fraction of sp³-hybridized carbons (Fsp3) is 0.400. The lowest BCUT2D eigenvalue weighted by atomic mass is 9.71. The number of fused-ring (bicyclic) bond motifs is 1. The molecule has 188 valence electrons. The normalized spacial score (nSPS) is 20.2. The quantitative estimate of drug-likeness (QED) is 0.530. The van der Waals surface area contributed by atoms with Crippen molar-refractivity contribution in [2.75, 3.05) is 33.3 Å². The van der Waals surface area contributed by atoms with E-state index < -0.39 is 0 Å². The van der Waals surface area contributed by atoms with Crippen LogP contribution in [0.2, 0.25) is 0 Å². The molecule has 7 nitrogen and oxygen atoms in total. The Labute approximate surface area is 217 Å². The molecule has 1 aromatic carbocycles. The molecule has 7 heteroatoms. The van der Waals surface area contributed by atoms with Gasteiger partial charge in [0.15, 0.2) is 0 Å². The molecule has 1 amide bonds. The SMILES string of the molecule is COc1ccc(CC(=O)N2CCC3(CC2)CN([C@@H]2CCc4cc(-c5ccc(C#N)nc5)ccc42)C3)nc1. The Morgan fingerprint density at radius 1 is 1.08 bits per heavy atom. The third kappa shape index (κ3) is 4.58. The number of ether oxygens (including phenoxy) is 1. The lowest BCUT2D eigenvalue weighted by molar-refractivity contribution is -0.136. The summed E-state index contributed by atoms with van der Waals surface area (Å²) in [6.45, 7) is 3.93. The molecule has 0 radical (unpaired) electrons. The summed E-state index contributed by atoms with van der Waals surface area (Å²) < 4.78 is 5.15. The van der Waals surface area contributed by atoms with Crippen LogP contribution in [0, 0.1) is 16.7 Å². The summed E-state index contributed by atoms with van der Waals surface area (Å²) in [7, 11) is 1.62. The molecule has 37 heavy (non-hydrogen) atoms. The van der Waals surface area contributed by atoms with Crippen LogP contribution in [0.4, 0.5) is 0 Å². The van der Waals surface area contributed by atoms with E-state index in [9.17, 15) is 4.79 Å². The number of carbonyl (C=O) groups is 1. The molecule has 0 saturated carbocycles. The maximum Gasteiger partial charge on any atom is 0.228 e. The number of amides is 1. The lowest BCUT2D eigenvalue weighted by Crippen LogP contribution is -2.61. The highest BCUT2D eigenvalue weighted by atomic mass is 16.5. The van der Waals surface area contributed by atoms with Crippen LogP contribution < -0.4 is 4.74 Å². The molecule has 2 aromatic heterocycles. The van der Waals surface area contributed by atoms with E-state index in [1.54, 1.807) is 25.6 Å². The first kappa shape index (κ1) is 23.6. The van der Waals surface area contributed by atoms with Gasteiger partial charge in [0.25, 0.3) is 0 Å². The summed E-state index contributed by atoms with van der Waals surface area (Å²) in [6.07, 6.45) is 8.23. The molecule has 0 bridgehead atoms. The number of methoxy groups -OCH3 is 1. The Morgan fingerprint density at radius 2 is 1.89 bits per heavy atom. The van der Waals surface area contributed by atoms with Crippen molar-refractivity contribution in [3.05, 3.63) is 77.4 Å². The standard InChI is InChI=1S/C30H31N5O2/c1-37-26-7-6-24(33-18-26)15-29(36)34-12-10-30(11-13-34)19-35(20-30)28-9-4-22-14-21(3-8-27(22)28)23-2-5-25(16-31)32-17-23/h2-3,5-8,14,17-18,28H,4,9-13,15,19-20H2,1H3/t28-/m1/s1. The second-order valence-electron chi connectivity index (χ2n) is 10.7. The van der Waals surface area contributed by atoms with Crippen LogP contribution in [0.25, 0.3) is 11.1 Å². The zero-order valence-corrected chi connectivity index (χ0v) is 21.2. The van der Waals surface area contributed by atoms with Gasteiger partial charge in [0.1, 0.15) is 17.5 Å². The molecule has 0 N–H and O–H groups in total. The average molecular weight is 494 g/mol. The van der Waals surface area contributed by atoms with Crippen molar-refractivity contribution in [1.82, 2.24) is 19.8 Å². The Morgan fingerprint density at radius 3 is 2.57 bits per heavy atom. The number of piperidine rings is 1. The molecule has 6 rings (SSSR count). The van der Waals surface area contributed by atoms with Crippen LogP contribution in [-0.4, -0.2) is 59.0 Å². The number of hydrogen-bond donors (Lipinski definition) is 0. The van der Waals surface area contributed by atoms with E-state index >= 15 is 0 Å². The molecule has 2 fully saturated rings. The average Bonchev–Trinajstić information content (AvgIpc) is 3.35. The molecule has 3 aromatic rings. The van der Waals surface area contributed by atoms with Gasteiger partial charge in [-0.05, 0) is 72.1 Å². The van der Waals surface area contributed by atoms with Crippen molar-refractivity contribution in [2.24, 2.45) is 5.41 Å². The monoisotopic (exact) mass is 493 g/mol. The van der Waals surface area contributed by atoms with E-state index in [0.29, 0.717) is 29.3 Å². The van der Waals surface area contributed by atoms with Crippen molar-refractivity contribution in [2.45, 2.75) is 38.1 Å². The Balaban J connectivity index is 1.03. The van der Waals surface area contributed by atoms with Crippen molar-refractivity contribution in [1.29, 1.82) is 5.26 Å². The fourth-order valence-corrected chi connectivity index (χ4v) is 6.27. The van der Waals surface area contributed by atoms with E-state index in [1.165, 1.54) is 23.1 Å². The molecule has 3 aliphatic rings. The second kappa shape index (κ2) is 9.60. The van der Waals surface area contributed by atoms with E-state index in [2.05, 4.69) is 39.1 Å². The lowest BCUT2D eigenvalue weighted by Gasteiger charge is -2.56. The molecule has 4 heterocycles. The van der Waals surface area contributed by atoms with Crippen LogP contribution in [0.5, 0.6) is 5.75 Å². The summed E-state index contributed by atoms with van der Waals surface area (Å²) in [5, 5.41) is 8.99. The third-order valence-electron chi connectivity index (χ3n) is 8.46. The first-order valence-corrected chi connectivity index (χ1v) is 13.1. The van der Waals surface area contributed by atoms with Crippen LogP contribution in [0.1, 0.15) is 47.8 Å². The Bertz CT molecular complexity index is 1330. The zero-order chi connectivity index (χ0) is 25.4. The zero-order valence-electron chi connectivity index (χ0n) is 21.2. The van der Waals surface area contributed by atoms with Crippen molar-refractivity contribution < 1.29 is 9.53 Å². The number of pyridine rings is 2. The highest BCUT2D eigenvalue weighted by Crippen LogP contribution is 2.48. The molecular formula is C30H31N5O2. The van der Waals surface area contributed by atoms with Gasteiger partial charge in [-0.25, -0.2) is 4.98 Å². The van der Waals surface area contributed by atoms with Gasteiger partial charge in [-0.1, -0.05) is 18.2 Å². The first-order chi connectivity index (χ1) is 18.1. The molecular weight excluding hydrogens is 462 g/mol. The topological polar surface area (TPSA) is 82.4 Å². The highest BCUT2D eigenvalue weighted by molar-refractivity contribution is 5.78. The van der Waals surface area contributed by atoms with E-state index in [-0.39, 0.29) is 5.91 Å². The van der Waals surface area contributed by atoms with Crippen molar-refractivity contribution in [3.63, 3.8) is 0 Å². The van der Waals surface area contributed by atoms with Gasteiger partial charge in [0.2, 0.25) is 5.91 Å². The Kier molecular flexibility index (Phi) is 6.13. The summed E-state index contributed by atoms with van der Waals surface area (Å²) in [6, 6.07) is 16.8. The number of likely N-dealkylation sites (tertiary alicyclic amines) is 2. The fourth-order valence-electron chi connectivity index (χ4n) is 6.27. The van der Waals surface area contributed by atoms with Crippen molar-refractivity contribution in [3.8, 4) is 22.9 Å². The predicted molar refractivity (Wildman–Crippen MR) is 140 cm³/mol. The summed E-state index contributed by atoms with van der Waals surface area (Å²) >= 11 is 0. The van der Waals surface area contributed by atoms with E-state index in [1.807, 2.05) is 23.1 Å². The third-order valence-corrected chi connectivity index (χ3v) is 8.46. The van der Waals surface area contributed by atoms with Crippen LogP contribution in [-0.2, 0) is 17.6 Å². The number of aryl methyl sites for hydroxylation is 1.